The van der Waals surface area contributed by atoms with Crippen molar-refractivity contribution < 1.29 is 43.9 Å². The van der Waals surface area contributed by atoms with Crippen LogP contribution in [0, 0.1) is 103 Å². The Morgan fingerprint density at radius 1 is 0.587 bits per heavy atom. The number of allylic oxidation sites excluding steroid dienone is 11. The minimum atomic E-state index is -2.59. The molecule has 0 bridgehead atoms. The summed E-state index contributed by atoms with van der Waals surface area (Å²) in [6.45, 7) is 2.49. The van der Waals surface area contributed by atoms with E-state index in [1.54, 1.807) is 0 Å². The molecule has 0 spiro atoms. The molecule has 1 fully saturated rings. The molecule has 0 aromatic heterocycles. The summed E-state index contributed by atoms with van der Waals surface area (Å²) in [5.74, 6) is -22.3. The third-order valence-corrected chi connectivity index (χ3v) is 6.06. The second-order valence-corrected chi connectivity index (χ2v) is 8.46. The molecule has 0 aliphatic heterocycles. The number of hydrogen-bond acceptors (Lipinski definition) is 6. The molecule has 0 unspecified atom stereocenters. The maximum atomic E-state index is 15.0. The van der Waals surface area contributed by atoms with E-state index in [1.807, 2.05) is 0 Å². The first-order valence-corrected chi connectivity index (χ1v) is 11.5. The highest BCUT2D eigenvalue weighted by Gasteiger charge is 2.45. The summed E-state index contributed by atoms with van der Waals surface area (Å²) in [5.41, 5.74) is -15.8. The van der Waals surface area contributed by atoms with Gasteiger partial charge in [0.05, 0.1) is 33.4 Å². The molecule has 0 radical (unpaired) electrons. The summed E-state index contributed by atoms with van der Waals surface area (Å²) >= 11 is 0. The second kappa shape index (κ2) is 12.8. The van der Waals surface area contributed by atoms with Crippen molar-refractivity contribution in [2.45, 2.75) is 0 Å². The first kappa shape index (κ1) is 33.6. The van der Waals surface area contributed by atoms with Gasteiger partial charge in [-0.2, -0.15) is 36.0 Å². The van der Waals surface area contributed by atoms with E-state index in [0.29, 0.717) is 6.07 Å². The van der Waals surface area contributed by atoms with Crippen molar-refractivity contribution in [1.82, 2.24) is 0 Å². The summed E-state index contributed by atoms with van der Waals surface area (Å²) in [6.07, 6.45) is 0. The zero-order valence-electron chi connectivity index (χ0n) is 21.8. The molecular formula is C30H4F10N6. The summed E-state index contributed by atoms with van der Waals surface area (Å²) in [5, 5.41) is 56.0. The van der Waals surface area contributed by atoms with Gasteiger partial charge < -0.3 is 0 Å². The number of halogens is 10. The third-order valence-electron chi connectivity index (χ3n) is 6.06. The third kappa shape index (κ3) is 5.35. The molecule has 1 saturated carbocycles. The fraction of sp³-hybridized carbons (Fsp3) is 0. The highest BCUT2D eigenvalue weighted by Crippen LogP contribution is 2.57. The largest absolute Gasteiger partial charge is 0.236 e. The fourth-order valence-corrected chi connectivity index (χ4v) is 4.05. The summed E-state index contributed by atoms with van der Waals surface area (Å²) in [4.78, 5) is 0. The van der Waals surface area contributed by atoms with Crippen LogP contribution in [0.5, 0.6) is 0 Å². The van der Waals surface area contributed by atoms with E-state index in [4.69, 9.17) is 15.8 Å². The van der Waals surface area contributed by atoms with Crippen molar-refractivity contribution in [3.8, 4) is 36.4 Å². The molecule has 224 valence electrons. The van der Waals surface area contributed by atoms with E-state index in [2.05, 4.69) is 6.58 Å². The number of benzene rings is 2. The van der Waals surface area contributed by atoms with E-state index in [1.165, 1.54) is 12.1 Å². The van der Waals surface area contributed by atoms with Crippen LogP contribution in [-0.2, 0) is 0 Å². The number of nitriles is 6. The van der Waals surface area contributed by atoms with Gasteiger partial charge in [0.2, 0.25) is 5.83 Å². The molecule has 0 amide bonds. The van der Waals surface area contributed by atoms with Gasteiger partial charge in [-0.25, -0.2) is 39.5 Å². The zero-order valence-corrected chi connectivity index (χ0v) is 21.8. The average Bonchev–Trinajstić information content (AvgIpc) is 3.75. The van der Waals surface area contributed by atoms with Crippen molar-refractivity contribution in [2.75, 3.05) is 0 Å². The lowest BCUT2D eigenvalue weighted by Crippen LogP contribution is -2.06. The average molecular weight is 638 g/mol. The zero-order chi connectivity index (χ0) is 34.8. The van der Waals surface area contributed by atoms with Gasteiger partial charge in [-0.3, -0.25) is 0 Å². The van der Waals surface area contributed by atoms with Crippen molar-refractivity contribution in [3.05, 3.63) is 127 Å². The number of rotatable bonds is 5. The van der Waals surface area contributed by atoms with E-state index >= 15 is 8.78 Å². The smallest absolute Gasteiger partial charge is 0.206 e. The first-order chi connectivity index (χ1) is 21.7. The molecule has 1 aliphatic rings. The maximum Gasteiger partial charge on any atom is 0.236 e. The molecule has 46 heavy (non-hydrogen) atoms. The van der Waals surface area contributed by atoms with Crippen molar-refractivity contribution in [3.63, 3.8) is 0 Å². The maximum absolute atomic E-state index is 15.0. The van der Waals surface area contributed by atoms with Gasteiger partial charge >= 0.3 is 0 Å². The van der Waals surface area contributed by atoms with Crippen LogP contribution in [0.1, 0.15) is 22.3 Å². The van der Waals surface area contributed by atoms with Crippen molar-refractivity contribution in [1.29, 1.82) is 31.6 Å². The van der Waals surface area contributed by atoms with Crippen LogP contribution >= 0.6 is 0 Å². The topological polar surface area (TPSA) is 143 Å². The van der Waals surface area contributed by atoms with Crippen LogP contribution in [-0.4, -0.2) is 0 Å². The molecule has 0 heterocycles. The normalized spacial score (nSPS) is 16.2. The molecule has 2 aromatic carbocycles. The van der Waals surface area contributed by atoms with Gasteiger partial charge in [0.15, 0.2) is 40.7 Å². The Kier molecular flexibility index (Phi) is 9.34. The SMILES string of the molecule is C=C(F)/C(F)=C(C(\F)=C(\F)C#N)/C(C#N)=C1\C(=C(/C#N)c2c(F)c(F)c(C#N)c(F)c2F)\C1=C(/C#N)c1cc(F)c(C#N)cc1F. The summed E-state index contributed by atoms with van der Waals surface area (Å²) < 4.78 is 146. The minimum Gasteiger partial charge on any atom is -0.206 e. The molecule has 0 N–H and O–H groups in total. The Balaban J connectivity index is 2.78. The highest BCUT2D eigenvalue weighted by atomic mass is 19.2. The standard InChI is InChI=1S/C30H4F10N6/c1-10(31)25(35)23(28(38)19(34)9-46)14(6-43)21-20(13(5-42)12-3-17(32)11(4-41)2-18(12)33)22(21)15(7-44)24-29(39)26(36)16(8-45)27(37)30(24)40/h2-3H,1H2/b20-13+,21-14-,22-15+,25-23+,28-19-. The van der Waals surface area contributed by atoms with Gasteiger partial charge in [0, 0.05) is 22.3 Å². The predicted molar refractivity (Wildman–Crippen MR) is 133 cm³/mol. The van der Waals surface area contributed by atoms with Crippen LogP contribution in [0.15, 0.2) is 69.9 Å². The van der Waals surface area contributed by atoms with Gasteiger partial charge in [-0.1, -0.05) is 6.58 Å². The van der Waals surface area contributed by atoms with Gasteiger partial charge in [0.25, 0.3) is 0 Å². The van der Waals surface area contributed by atoms with Crippen LogP contribution in [0.4, 0.5) is 43.9 Å². The molecule has 2 aromatic rings. The molecule has 1 aliphatic carbocycles. The van der Waals surface area contributed by atoms with Crippen LogP contribution in [0.3, 0.4) is 0 Å². The van der Waals surface area contributed by atoms with Crippen LogP contribution < -0.4 is 0 Å². The predicted octanol–water partition coefficient (Wildman–Crippen LogP) is 7.73. The summed E-state index contributed by atoms with van der Waals surface area (Å²) in [7, 11) is 0. The Labute approximate surface area is 250 Å². The molecular weight excluding hydrogens is 634 g/mol. The Morgan fingerprint density at radius 3 is 1.57 bits per heavy atom. The lowest BCUT2D eigenvalue weighted by molar-refractivity contribution is 0.447. The van der Waals surface area contributed by atoms with Gasteiger partial charge in [0.1, 0.15) is 53.6 Å². The Morgan fingerprint density at radius 2 is 1.13 bits per heavy atom. The lowest BCUT2D eigenvalue weighted by atomic mass is 9.99. The molecule has 0 saturated heterocycles. The van der Waals surface area contributed by atoms with Gasteiger partial charge in [-0.05, 0) is 12.1 Å². The van der Waals surface area contributed by atoms with Crippen LogP contribution in [0.25, 0.3) is 11.1 Å². The Hall–Kier alpha value is -6.88. The molecule has 3 rings (SSSR count). The first-order valence-electron chi connectivity index (χ1n) is 11.5. The van der Waals surface area contributed by atoms with E-state index in [0.717, 1.165) is 18.2 Å². The number of hydrogen-bond donors (Lipinski definition) is 0. The lowest BCUT2D eigenvalue weighted by Gasteiger charge is -2.07. The molecule has 16 heteroatoms. The van der Waals surface area contributed by atoms with E-state index in [9.17, 15) is 50.9 Å². The highest BCUT2D eigenvalue weighted by molar-refractivity contribution is 6.07. The van der Waals surface area contributed by atoms with Crippen LogP contribution in [0.2, 0.25) is 0 Å². The quantitative estimate of drug-likeness (QED) is 0.142. The minimum absolute atomic E-state index is 0.212. The van der Waals surface area contributed by atoms with E-state index in [-0.39, 0.29) is 12.1 Å². The monoisotopic (exact) mass is 638 g/mol. The molecule has 0 atom stereocenters. The summed E-state index contributed by atoms with van der Waals surface area (Å²) in [6, 6.07) is 6.51. The van der Waals surface area contributed by atoms with Crippen molar-refractivity contribution >= 4 is 11.1 Å². The van der Waals surface area contributed by atoms with Crippen molar-refractivity contribution in [2.24, 2.45) is 0 Å². The fourth-order valence-electron chi connectivity index (χ4n) is 4.05. The van der Waals surface area contributed by atoms with Gasteiger partial charge in [-0.15, -0.1) is 0 Å². The second-order valence-electron chi connectivity index (χ2n) is 8.46. The van der Waals surface area contributed by atoms with E-state index < -0.39 is 119 Å². The molecule has 6 nitrogen and oxygen atoms in total. The Bertz CT molecular complexity index is 2200. The number of nitrogens with zero attached hydrogens (tertiary/aromatic N) is 6.